The van der Waals surface area contributed by atoms with E-state index in [0.717, 1.165) is 29.3 Å². The Balaban J connectivity index is 2.09. The topological polar surface area (TPSA) is 26.0 Å². The molecule has 0 radical (unpaired) electrons. The predicted octanol–water partition coefficient (Wildman–Crippen LogP) is 3.50. The van der Waals surface area contributed by atoms with Crippen LogP contribution in [0.3, 0.4) is 0 Å². The molecule has 1 aromatic rings. The lowest BCUT2D eigenvalue weighted by atomic mass is 9.89. The van der Waals surface area contributed by atoms with Crippen LogP contribution in [0.25, 0.3) is 0 Å². The lowest BCUT2D eigenvalue weighted by molar-refractivity contribution is 0.385. The van der Waals surface area contributed by atoms with E-state index in [4.69, 9.17) is 5.73 Å². The standard InChI is InChI=1S/C13H17BrFN/c1-8-9(3-5-13(8)16)6-10-2-4-11(14)7-12(10)15/h2,4,7-9,13H,3,5-6,16H2,1H3. The Kier molecular flexibility index (Phi) is 3.65. The molecule has 0 amide bonds. The van der Waals surface area contributed by atoms with Crippen LogP contribution in [0, 0.1) is 17.7 Å². The number of nitrogens with two attached hydrogens (primary N) is 1. The Bertz CT molecular complexity index is 380. The first kappa shape index (κ1) is 12.1. The molecule has 3 unspecified atom stereocenters. The van der Waals surface area contributed by atoms with Crippen molar-refractivity contribution in [3.8, 4) is 0 Å². The van der Waals surface area contributed by atoms with Gasteiger partial charge < -0.3 is 5.73 Å². The van der Waals surface area contributed by atoms with Crippen molar-refractivity contribution in [2.75, 3.05) is 0 Å². The summed E-state index contributed by atoms with van der Waals surface area (Å²) in [4.78, 5) is 0. The van der Waals surface area contributed by atoms with Gasteiger partial charge in [0.25, 0.3) is 0 Å². The van der Waals surface area contributed by atoms with Crippen molar-refractivity contribution in [3.05, 3.63) is 34.1 Å². The molecule has 1 aromatic carbocycles. The van der Waals surface area contributed by atoms with Gasteiger partial charge in [0.15, 0.2) is 0 Å². The van der Waals surface area contributed by atoms with Crippen molar-refractivity contribution in [2.45, 2.75) is 32.2 Å². The highest BCUT2D eigenvalue weighted by Crippen LogP contribution is 2.33. The summed E-state index contributed by atoms with van der Waals surface area (Å²) in [6.07, 6.45) is 3.01. The number of benzene rings is 1. The van der Waals surface area contributed by atoms with E-state index in [0.29, 0.717) is 17.9 Å². The first-order valence-corrected chi connectivity index (χ1v) is 6.56. The van der Waals surface area contributed by atoms with Gasteiger partial charge >= 0.3 is 0 Å². The average Bonchev–Trinajstić information content (AvgIpc) is 2.54. The van der Waals surface area contributed by atoms with Gasteiger partial charge in [0.1, 0.15) is 5.82 Å². The quantitative estimate of drug-likeness (QED) is 0.884. The molecule has 0 aromatic heterocycles. The average molecular weight is 286 g/mol. The van der Waals surface area contributed by atoms with Crippen molar-refractivity contribution in [2.24, 2.45) is 17.6 Å². The summed E-state index contributed by atoms with van der Waals surface area (Å²) < 4.78 is 14.5. The lowest BCUT2D eigenvalue weighted by Gasteiger charge is -2.18. The summed E-state index contributed by atoms with van der Waals surface area (Å²) in [5, 5.41) is 0. The molecule has 1 aliphatic rings. The van der Waals surface area contributed by atoms with Crippen LogP contribution in [0.5, 0.6) is 0 Å². The zero-order chi connectivity index (χ0) is 11.7. The second-order valence-electron chi connectivity index (χ2n) is 4.80. The van der Waals surface area contributed by atoms with Crippen LogP contribution in [0.1, 0.15) is 25.3 Å². The van der Waals surface area contributed by atoms with Crippen molar-refractivity contribution in [1.29, 1.82) is 0 Å². The van der Waals surface area contributed by atoms with Crippen LogP contribution in [0.15, 0.2) is 22.7 Å². The van der Waals surface area contributed by atoms with Crippen LogP contribution >= 0.6 is 15.9 Å². The molecule has 1 aliphatic carbocycles. The third-order valence-electron chi connectivity index (χ3n) is 3.79. The molecule has 2 rings (SSSR count). The molecule has 0 aliphatic heterocycles. The maximum absolute atomic E-state index is 13.7. The van der Waals surface area contributed by atoms with Crippen LogP contribution in [0.4, 0.5) is 4.39 Å². The van der Waals surface area contributed by atoms with E-state index in [1.54, 1.807) is 0 Å². The van der Waals surface area contributed by atoms with Gasteiger partial charge in [-0.2, -0.15) is 0 Å². The summed E-state index contributed by atoms with van der Waals surface area (Å²) in [7, 11) is 0. The van der Waals surface area contributed by atoms with Gasteiger partial charge in [0.2, 0.25) is 0 Å². The van der Waals surface area contributed by atoms with Gasteiger partial charge in [-0.25, -0.2) is 4.39 Å². The molecule has 88 valence electrons. The van der Waals surface area contributed by atoms with E-state index in [-0.39, 0.29) is 5.82 Å². The number of halogens is 2. The Hall–Kier alpha value is -0.410. The third kappa shape index (κ3) is 2.46. The van der Waals surface area contributed by atoms with Crippen molar-refractivity contribution >= 4 is 15.9 Å². The van der Waals surface area contributed by atoms with E-state index in [1.165, 1.54) is 6.07 Å². The zero-order valence-corrected chi connectivity index (χ0v) is 11.0. The molecule has 1 fully saturated rings. The van der Waals surface area contributed by atoms with Gasteiger partial charge in [-0.3, -0.25) is 0 Å². The molecule has 3 atom stereocenters. The Morgan fingerprint density at radius 1 is 1.44 bits per heavy atom. The van der Waals surface area contributed by atoms with Crippen LogP contribution in [-0.4, -0.2) is 6.04 Å². The van der Waals surface area contributed by atoms with Crippen LogP contribution in [0.2, 0.25) is 0 Å². The normalized spacial score (nSPS) is 29.6. The zero-order valence-electron chi connectivity index (χ0n) is 9.42. The lowest BCUT2D eigenvalue weighted by Crippen LogP contribution is -2.25. The second-order valence-corrected chi connectivity index (χ2v) is 5.72. The minimum Gasteiger partial charge on any atom is -0.327 e. The highest BCUT2D eigenvalue weighted by Gasteiger charge is 2.30. The molecular formula is C13H17BrFN. The monoisotopic (exact) mass is 285 g/mol. The smallest absolute Gasteiger partial charge is 0.127 e. The summed E-state index contributed by atoms with van der Waals surface area (Å²) in [6.45, 7) is 2.18. The number of hydrogen-bond donors (Lipinski definition) is 1. The molecule has 16 heavy (non-hydrogen) atoms. The van der Waals surface area contributed by atoms with Gasteiger partial charge in [-0.1, -0.05) is 28.9 Å². The fourth-order valence-corrected chi connectivity index (χ4v) is 2.87. The van der Waals surface area contributed by atoms with E-state index in [9.17, 15) is 4.39 Å². The van der Waals surface area contributed by atoms with E-state index in [2.05, 4.69) is 22.9 Å². The first-order chi connectivity index (χ1) is 7.58. The largest absolute Gasteiger partial charge is 0.327 e. The molecule has 0 spiro atoms. The third-order valence-corrected chi connectivity index (χ3v) is 4.28. The number of rotatable bonds is 2. The fourth-order valence-electron chi connectivity index (χ4n) is 2.54. The molecule has 0 heterocycles. The minimum absolute atomic E-state index is 0.109. The van der Waals surface area contributed by atoms with Crippen LogP contribution < -0.4 is 5.73 Å². The second kappa shape index (κ2) is 4.84. The highest BCUT2D eigenvalue weighted by molar-refractivity contribution is 9.10. The Morgan fingerprint density at radius 2 is 2.19 bits per heavy atom. The summed E-state index contributed by atoms with van der Waals surface area (Å²) in [6, 6.07) is 5.60. The van der Waals surface area contributed by atoms with Crippen molar-refractivity contribution in [3.63, 3.8) is 0 Å². The Morgan fingerprint density at radius 3 is 2.75 bits per heavy atom. The van der Waals surface area contributed by atoms with E-state index < -0.39 is 0 Å². The first-order valence-electron chi connectivity index (χ1n) is 5.77. The molecule has 3 heteroatoms. The summed E-state index contributed by atoms with van der Waals surface area (Å²) in [5.74, 6) is 0.927. The highest BCUT2D eigenvalue weighted by atomic mass is 79.9. The van der Waals surface area contributed by atoms with E-state index >= 15 is 0 Å². The molecule has 1 saturated carbocycles. The van der Waals surface area contributed by atoms with E-state index in [1.807, 2.05) is 12.1 Å². The molecule has 0 bridgehead atoms. The van der Waals surface area contributed by atoms with Crippen LogP contribution in [-0.2, 0) is 6.42 Å². The maximum atomic E-state index is 13.7. The predicted molar refractivity (Wildman–Crippen MR) is 67.7 cm³/mol. The molecule has 2 N–H and O–H groups in total. The van der Waals surface area contributed by atoms with Gasteiger partial charge in [0.05, 0.1) is 0 Å². The maximum Gasteiger partial charge on any atom is 0.127 e. The van der Waals surface area contributed by atoms with Gasteiger partial charge in [0, 0.05) is 10.5 Å². The fraction of sp³-hybridized carbons (Fsp3) is 0.538. The van der Waals surface area contributed by atoms with Crippen molar-refractivity contribution in [1.82, 2.24) is 0 Å². The van der Waals surface area contributed by atoms with Gasteiger partial charge in [-0.15, -0.1) is 0 Å². The Labute approximate surface area is 104 Å². The molecule has 1 nitrogen and oxygen atoms in total. The SMILES string of the molecule is CC1C(N)CCC1Cc1ccc(Br)cc1F. The van der Waals surface area contributed by atoms with Crippen molar-refractivity contribution < 1.29 is 4.39 Å². The molecule has 0 saturated heterocycles. The molecular weight excluding hydrogens is 269 g/mol. The minimum atomic E-state index is -0.109. The number of hydrogen-bond acceptors (Lipinski definition) is 1. The summed E-state index contributed by atoms with van der Waals surface area (Å²) in [5.41, 5.74) is 6.80. The van der Waals surface area contributed by atoms with Gasteiger partial charge in [-0.05, 0) is 48.8 Å². The summed E-state index contributed by atoms with van der Waals surface area (Å²) >= 11 is 3.27.